The number of carbonyl (C=O) groups excluding carboxylic acids is 3. The van der Waals surface area contributed by atoms with Gasteiger partial charge in [-0.15, -0.1) is 11.3 Å². The molecule has 2 aromatic rings. The van der Waals surface area contributed by atoms with Crippen LogP contribution in [0, 0.1) is 0 Å². The van der Waals surface area contributed by atoms with Gasteiger partial charge < -0.3 is 10.5 Å². The minimum absolute atomic E-state index is 0.150. The Bertz CT molecular complexity index is 609. The molecule has 0 fully saturated rings. The highest BCUT2D eigenvalue weighted by molar-refractivity contribution is 7.11. The van der Waals surface area contributed by atoms with E-state index < -0.39 is 5.91 Å². The van der Waals surface area contributed by atoms with Crippen molar-refractivity contribution in [2.45, 2.75) is 6.92 Å². The van der Waals surface area contributed by atoms with Crippen LogP contribution in [0.1, 0.15) is 37.6 Å². The number of nitrogens with zero attached hydrogens (tertiary/aromatic N) is 1. The number of esters is 1. The number of aromatic nitrogens is 1. The summed E-state index contributed by atoms with van der Waals surface area (Å²) in [6.07, 6.45) is 0. The predicted molar refractivity (Wildman–Crippen MR) is 78.4 cm³/mol. The van der Waals surface area contributed by atoms with Gasteiger partial charge in [0.2, 0.25) is 0 Å². The summed E-state index contributed by atoms with van der Waals surface area (Å²) in [6, 6.07) is 8.88. The number of amides is 1. The quantitative estimate of drug-likeness (QED) is 0.690. The number of Topliss-reactive ketones (excluding diaryl/α,β-unsaturated/α-hetero) is 1. The van der Waals surface area contributed by atoms with E-state index in [9.17, 15) is 14.4 Å². The molecule has 0 saturated carbocycles. The number of ketones is 1. The Kier molecular flexibility index (Phi) is 6.22. The Hall–Kier alpha value is -2.54. The summed E-state index contributed by atoms with van der Waals surface area (Å²) in [5.74, 6) is -1.04. The fraction of sp³-hybridized carbons (Fsp3) is 0.143. The van der Waals surface area contributed by atoms with Gasteiger partial charge in [-0.3, -0.25) is 9.59 Å². The lowest BCUT2D eigenvalue weighted by Gasteiger charge is -1.95. The second kappa shape index (κ2) is 7.91. The highest BCUT2D eigenvalue weighted by Crippen LogP contribution is 2.09. The molecule has 0 saturated heterocycles. The number of nitrogens with two attached hydrogens (primary N) is 1. The smallest absolute Gasteiger partial charge is 0.337 e. The lowest BCUT2D eigenvalue weighted by molar-refractivity contribution is 0.0600. The molecule has 0 radical (unpaired) electrons. The van der Waals surface area contributed by atoms with Gasteiger partial charge in [0.05, 0.1) is 12.7 Å². The van der Waals surface area contributed by atoms with Crippen molar-refractivity contribution in [2.75, 3.05) is 7.11 Å². The van der Waals surface area contributed by atoms with Gasteiger partial charge in [-0.2, -0.15) is 0 Å². The summed E-state index contributed by atoms with van der Waals surface area (Å²) >= 11 is 1.12. The van der Waals surface area contributed by atoms with Crippen molar-refractivity contribution < 1.29 is 19.1 Å². The van der Waals surface area contributed by atoms with E-state index in [2.05, 4.69) is 9.72 Å². The van der Waals surface area contributed by atoms with Crippen molar-refractivity contribution in [3.8, 4) is 0 Å². The second-order valence-electron chi connectivity index (χ2n) is 3.82. The molecule has 1 heterocycles. The third-order valence-electron chi connectivity index (χ3n) is 2.25. The topological polar surface area (TPSA) is 99.4 Å². The van der Waals surface area contributed by atoms with Gasteiger partial charge in [0.1, 0.15) is 5.69 Å². The highest BCUT2D eigenvalue weighted by Gasteiger charge is 2.08. The molecule has 6 nitrogen and oxygen atoms in total. The third-order valence-corrected chi connectivity index (χ3v) is 3.20. The summed E-state index contributed by atoms with van der Waals surface area (Å²) in [5.41, 5.74) is 5.66. The summed E-state index contributed by atoms with van der Waals surface area (Å²) in [7, 11) is 1.37. The summed E-state index contributed by atoms with van der Waals surface area (Å²) < 4.78 is 4.50. The standard InChI is InChI=1S/C8H8O2.C6H6N2O2S/c1-10-8(9)7-5-3-2-4-6-7;1-3(9)6-8-4(2-11-6)5(7)10/h2-6H,1H3;2H,1H3,(H2,7,10). The zero-order valence-electron chi connectivity index (χ0n) is 11.5. The Morgan fingerprint density at radius 3 is 2.19 bits per heavy atom. The van der Waals surface area contributed by atoms with E-state index in [1.165, 1.54) is 19.4 Å². The van der Waals surface area contributed by atoms with Gasteiger partial charge in [-0.1, -0.05) is 18.2 Å². The van der Waals surface area contributed by atoms with Crippen LogP contribution in [0.15, 0.2) is 35.7 Å². The number of benzene rings is 1. The van der Waals surface area contributed by atoms with Gasteiger partial charge in [0.25, 0.3) is 5.91 Å². The maximum atomic E-state index is 10.8. The van der Waals surface area contributed by atoms with Gasteiger partial charge in [-0.05, 0) is 12.1 Å². The summed E-state index contributed by atoms with van der Waals surface area (Å²) in [4.78, 5) is 35.7. The molecular formula is C14H14N2O4S. The molecule has 110 valence electrons. The fourth-order valence-electron chi connectivity index (χ4n) is 1.24. The number of hydrogen-bond acceptors (Lipinski definition) is 6. The highest BCUT2D eigenvalue weighted by atomic mass is 32.1. The number of primary amides is 1. The number of carbonyl (C=O) groups is 3. The number of ether oxygens (including phenoxy) is 1. The number of hydrogen-bond donors (Lipinski definition) is 1. The Morgan fingerprint density at radius 2 is 1.81 bits per heavy atom. The molecular weight excluding hydrogens is 292 g/mol. The summed E-state index contributed by atoms with van der Waals surface area (Å²) in [5, 5.41) is 1.79. The fourth-order valence-corrected chi connectivity index (χ4v) is 1.95. The lowest BCUT2D eigenvalue weighted by Crippen LogP contribution is -2.11. The van der Waals surface area contributed by atoms with E-state index in [0.717, 1.165) is 11.3 Å². The molecule has 0 aliphatic carbocycles. The van der Waals surface area contributed by atoms with Gasteiger partial charge >= 0.3 is 5.97 Å². The van der Waals surface area contributed by atoms with E-state index in [1.807, 2.05) is 6.07 Å². The van der Waals surface area contributed by atoms with E-state index in [0.29, 0.717) is 10.6 Å². The van der Waals surface area contributed by atoms with E-state index in [-0.39, 0.29) is 17.4 Å². The normalized spacial score (nSPS) is 9.24. The van der Waals surface area contributed by atoms with E-state index >= 15 is 0 Å². The first-order valence-electron chi connectivity index (χ1n) is 5.85. The zero-order chi connectivity index (χ0) is 15.8. The SMILES string of the molecule is CC(=O)c1nc(C(N)=O)cs1.COC(=O)c1ccccc1. The van der Waals surface area contributed by atoms with Crippen LogP contribution in [-0.4, -0.2) is 29.8 Å². The number of rotatable bonds is 3. The van der Waals surface area contributed by atoms with Crippen LogP contribution in [0.5, 0.6) is 0 Å². The third kappa shape index (κ3) is 5.15. The van der Waals surface area contributed by atoms with Gasteiger partial charge in [0, 0.05) is 12.3 Å². The average molecular weight is 306 g/mol. The minimum Gasteiger partial charge on any atom is -0.465 e. The molecule has 0 aliphatic rings. The van der Waals surface area contributed by atoms with Crippen molar-refractivity contribution in [1.29, 1.82) is 0 Å². The molecule has 0 aliphatic heterocycles. The average Bonchev–Trinajstić information content (AvgIpc) is 2.98. The van der Waals surface area contributed by atoms with Crippen molar-refractivity contribution >= 4 is 29.0 Å². The Morgan fingerprint density at radius 1 is 1.19 bits per heavy atom. The number of thiazole rings is 1. The van der Waals surface area contributed by atoms with Gasteiger partial charge in [0.15, 0.2) is 10.8 Å². The first-order chi connectivity index (χ1) is 9.95. The molecule has 21 heavy (non-hydrogen) atoms. The first-order valence-corrected chi connectivity index (χ1v) is 6.73. The zero-order valence-corrected chi connectivity index (χ0v) is 12.3. The molecule has 2 rings (SSSR count). The van der Waals surface area contributed by atoms with Crippen LogP contribution in [0.25, 0.3) is 0 Å². The molecule has 1 amide bonds. The predicted octanol–water partition coefficient (Wildman–Crippen LogP) is 1.92. The van der Waals surface area contributed by atoms with E-state index in [1.54, 1.807) is 24.3 Å². The minimum atomic E-state index is -0.603. The van der Waals surface area contributed by atoms with Crippen molar-refractivity contribution in [2.24, 2.45) is 5.73 Å². The van der Waals surface area contributed by atoms with Crippen LogP contribution in [-0.2, 0) is 4.74 Å². The maximum absolute atomic E-state index is 10.8. The van der Waals surface area contributed by atoms with Crippen LogP contribution < -0.4 is 5.73 Å². The molecule has 1 aromatic carbocycles. The largest absolute Gasteiger partial charge is 0.465 e. The molecule has 1 aromatic heterocycles. The van der Waals surface area contributed by atoms with Crippen LogP contribution in [0.4, 0.5) is 0 Å². The van der Waals surface area contributed by atoms with E-state index in [4.69, 9.17) is 5.73 Å². The summed E-state index contributed by atoms with van der Waals surface area (Å²) in [6.45, 7) is 1.39. The van der Waals surface area contributed by atoms with Crippen molar-refractivity contribution in [3.63, 3.8) is 0 Å². The number of methoxy groups -OCH3 is 1. The Balaban J connectivity index is 0.000000211. The van der Waals surface area contributed by atoms with Gasteiger partial charge in [-0.25, -0.2) is 9.78 Å². The van der Waals surface area contributed by atoms with Crippen LogP contribution >= 0.6 is 11.3 Å². The van der Waals surface area contributed by atoms with Crippen LogP contribution in [0.2, 0.25) is 0 Å². The maximum Gasteiger partial charge on any atom is 0.337 e. The molecule has 0 spiro atoms. The molecule has 7 heteroatoms. The second-order valence-corrected chi connectivity index (χ2v) is 4.67. The molecule has 0 bridgehead atoms. The lowest BCUT2D eigenvalue weighted by atomic mass is 10.2. The monoisotopic (exact) mass is 306 g/mol. The van der Waals surface area contributed by atoms with Crippen molar-refractivity contribution in [3.05, 3.63) is 52.0 Å². The molecule has 2 N–H and O–H groups in total. The van der Waals surface area contributed by atoms with Crippen molar-refractivity contribution in [1.82, 2.24) is 4.98 Å². The Labute approximate surface area is 125 Å². The molecule has 0 atom stereocenters. The molecule has 0 unspecified atom stereocenters. The van der Waals surface area contributed by atoms with Crippen LogP contribution in [0.3, 0.4) is 0 Å². The first kappa shape index (κ1) is 16.5.